The molecule has 1 fully saturated rings. The van der Waals surface area contributed by atoms with Gasteiger partial charge in [0.1, 0.15) is 11.6 Å². The number of nitrogens with one attached hydrogen (secondary N) is 2. The first-order valence-electron chi connectivity index (χ1n) is 9.53. The zero-order valence-electron chi connectivity index (χ0n) is 15.0. The predicted octanol–water partition coefficient (Wildman–Crippen LogP) is 2.18. The van der Waals surface area contributed by atoms with Crippen LogP contribution in [0.1, 0.15) is 35.2 Å². The molecule has 0 aliphatic heterocycles. The van der Waals surface area contributed by atoms with E-state index in [1.165, 1.54) is 34.7 Å². The maximum absolute atomic E-state index is 12.3. The summed E-state index contributed by atoms with van der Waals surface area (Å²) in [4.78, 5) is 16.8. The van der Waals surface area contributed by atoms with E-state index in [2.05, 4.69) is 45.7 Å². The van der Waals surface area contributed by atoms with Gasteiger partial charge in [-0.15, -0.1) is 0 Å². The van der Waals surface area contributed by atoms with Gasteiger partial charge in [-0.3, -0.25) is 9.89 Å². The fraction of sp³-hybridized carbons (Fsp3) is 0.381. The molecule has 2 atom stereocenters. The minimum atomic E-state index is -0.186. The Bertz CT molecular complexity index is 1070. The van der Waals surface area contributed by atoms with E-state index >= 15 is 0 Å². The lowest BCUT2D eigenvalue weighted by molar-refractivity contribution is 0.339. The Labute approximate surface area is 156 Å². The summed E-state index contributed by atoms with van der Waals surface area (Å²) in [5.74, 6) is 1.26. The number of benzene rings is 1. The summed E-state index contributed by atoms with van der Waals surface area (Å²) in [6.07, 6.45) is 6.26. The highest BCUT2D eigenvalue weighted by Crippen LogP contribution is 2.40. The van der Waals surface area contributed by atoms with E-state index in [9.17, 15) is 10.1 Å². The Morgan fingerprint density at radius 2 is 1.93 bits per heavy atom. The molecule has 2 bridgehead atoms. The van der Waals surface area contributed by atoms with Crippen molar-refractivity contribution in [1.29, 1.82) is 5.26 Å². The molecule has 6 nitrogen and oxygen atoms in total. The van der Waals surface area contributed by atoms with Crippen molar-refractivity contribution >= 4 is 5.65 Å². The Morgan fingerprint density at radius 1 is 1.22 bits per heavy atom. The molecule has 2 heterocycles. The molecule has 5 rings (SSSR count). The number of nitrogens with zero attached hydrogens (tertiary/aromatic N) is 3. The second-order valence-corrected chi connectivity index (χ2v) is 7.72. The summed E-state index contributed by atoms with van der Waals surface area (Å²) in [7, 11) is 0. The number of hydrogen-bond acceptors (Lipinski definition) is 4. The highest BCUT2D eigenvalue weighted by molar-refractivity contribution is 5.53. The lowest BCUT2D eigenvalue weighted by Gasteiger charge is -2.23. The van der Waals surface area contributed by atoms with Gasteiger partial charge >= 0.3 is 0 Å². The first kappa shape index (κ1) is 16.3. The van der Waals surface area contributed by atoms with Crippen LogP contribution in [-0.4, -0.2) is 20.6 Å². The minimum Gasteiger partial charge on any atom is -0.308 e. The average molecular weight is 359 g/mol. The molecule has 136 valence electrons. The summed E-state index contributed by atoms with van der Waals surface area (Å²) in [6, 6.07) is 12.9. The third-order valence-corrected chi connectivity index (χ3v) is 6.20. The first-order chi connectivity index (χ1) is 13.2. The van der Waals surface area contributed by atoms with Gasteiger partial charge in [-0.1, -0.05) is 24.3 Å². The lowest BCUT2D eigenvalue weighted by Crippen LogP contribution is -2.38. The van der Waals surface area contributed by atoms with Crippen molar-refractivity contribution in [2.45, 2.75) is 38.3 Å². The van der Waals surface area contributed by atoms with Gasteiger partial charge in [0.2, 0.25) is 0 Å². The van der Waals surface area contributed by atoms with Crippen LogP contribution in [0.25, 0.3) is 5.65 Å². The van der Waals surface area contributed by atoms with Crippen LogP contribution in [-0.2, 0) is 19.4 Å². The highest BCUT2D eigenvalue weighted by atomic mass is 16.1. The number of rotatable bonds is 3. The fourth-order valence-corrected chi connectivity index (χ4v) is 4.91. The van der Waals surface area contributed by atoms with E-state index in [0.29, 0.717) is 41.3 Å². The van der Waals surface area contributed by atoms with Gasteiger partial charge in [0, 0.05) is 24.8 Å². The Morgan fingerprint density at radius 3 is 2.59 bits per heavy atom. The van der Waals surface area contributed by atoms with E-state index in [4.69, 9.17) is 0 Å². The van der Waals surface area contributed by atoms with Crippen molar-refractivity contribution in [3.63, 3.8) is 0 Å². The van der Waals surface area contributed by atoms with E-state index in [-0.39, 0.29) is 5.56 Å². The molecule has 0 amide bonds. The summed E-state index contributed by atoms with van der Waals surface area (Å²) in [5, 5.41) is 15.7. The van der Waals surface area contributed by atoms with Crippen LogP contribution in [0.3, 0.4) is 0 Å². The third-order valence-electron chi connectivity index (χ3n) is 6.20. The van der Waals surface area contributed by atoms with Gasteiger partial charge in [0.25, 0.3) is 5.56 Å². The summed E-state index contributed by atoms with van der Waals surface area (Å²) in [6.45, 7) is 0.551. The van der Waals surface area contributed by atoms with Crippen LogP contribution in [0, 0.1) is 23.2 Å². The van der Waals surface area contributed by atoms with E-state index in [1.807, 2.05) is 0 Å². The topological polar surface area (TPSA) is 86.0 Å². The molecule has 2 unspecified atom stereocenters. The molecule has 3 aromatic rings. The van der Waals surface area contributed by atoms with Gasteiger partial charge in [-0.2, -0.15) is 5.26 Å². The molecule has 2 aromatic heterocycles. The molecule has 2 aliphatic rings. The molecule has 0 saturated heterocycles. The number of aromatic nitrogens is 3. The van der Waals surface area contributed by atoms with Crippen LogP contribution in [0.2, 0.25) is 0 Å². The molecule has 6 heteroatoms. The van der Waals surface area contributed by atoms with Crippen molar-refractivity contribution < 1.29 is 0 Å². The van der Waals surface area contributed by atoms with Crippen LogP contribution in [0.15, 0.2) is 41.3 Å². The third kappa shape index (κ3) is 2.75. The van der Waals surface area contributed by atoms with Crippen LogP contribution in [0.5, 0.6) is 0 Å². The molecular formula is C21H21N5O. The van der Waals surface area contributed by atoms with Crippen molar-refractivity contribution in [2.24, 2.45) is 11.8 Å². The normalized spacial score (nSPS) is 23.7. The minimum absolute atomic E-state index is 0.186. The van der Waals surface area contributed by atoms with Gasteiger partial charge in [0.15, 0.2) is 5.65 Å². The fourth-order valence-electron chi connectivity index (χ4n) is 4.91. The number of hydrogen-bond donors (Lipinski definition) is 2. The zero-order valence-corrected chi connectivity index (χ0v) is 15.0. The van der Waals surface area contributed by atoms with E-state index in [1.54, 1.807) is 6.07 Å². The summed E-state index contributed by atoms with van der Waals surface area (Å²) < 4.78 is 1.31. The SMILES string of the molecule is N#Cc1c[nH]n2c(=O)cc(CNC3C4CCC3Cc3ccccc3C4)nc12. The Hall–Kier alpha value is -2.91. The lowest BCUT2D eigenvalue weighted by atomic mass is 9.94. The molecule has 1 aromatic carbocycles. The molecule has 27 heavy (non-hydrogen) atoms. The van der Waals surface area contributed by atoms with Crippen LogP contribution < -0.4 is 10.9 Å². The Balaban J connectivity index is 1.39. The standard InChI is InChI=1S/C21H21N5O/c22-10-17-11-24-26-19(27)9-18(25-21(17)26)12-23-20-15-5-6-16(20)8-14-4-2-1-3-13(14)7-15/h1-4,9,11,15-16,20,23-24H,5-8,12H2. The van der Waals surface area contributed by atoms with Crippen molar-refractivity contribution in [3.05, 3.63) is 69.3 Å². The van der Waals surface area contributed by atoms with E-state index in [0.717, 1.165) is 12.8 Å². The van der Waals surface area contributed by atoms with Gasteiger partial charge in [0.05, 0.1) is 5.69 Å². The quantitative estimate of drug-likeness (QED) is 0.750. The monoisotopic (exact) mass is 359 g/mol. The largest absolute Gasteiger partial charge is 0.308 e. The van der Waals surface area contributed by atoms with Gasteiger partial charge in [-0.25, -0.2) is 9.50 Å². The number of aromatic amines is 1. The number of fused-ring (bicyclic) bond motifs is 4. The second-order valence-electron chi connectivity index (χ2n) is 7.72. The Kier molecular flexibility index (Phi) is 3.83. The van der Waals surface area contributed by atoms with Crippen molar-refractivity contribution in [1.82, 2.24) is 19.9 Å². The summed E-state index contributed by atoms with van der Waals surface area (Å²) in [5.41, 5.74) is 4.27. The zero-order chi connectivity index (χ0) is 18.4. The summed E-state index contributed by atoms with van der Waals surface area (Å²) >= 11 is 0. The predicted molar refractivity (Wildman–Crippen MR) is 101 cm³/mol. The van der Waals surface area contributed by atoms with Gasteiger partial charge in [-0.05, 0) is 48.6 Å². The number of H-pyrrole nitrogens is 1. The molecule has 2 N–H and O–H groups in total. The second kappa shape index (κ2) is 6.36. The first-order valence-corrected chi connectivity index (χ1v) is 9.53. The molecule has 0 radical (unpaired) electrons. The molecule has 0 spiro atoms. The van der Waals surface area contributed by atoms with Crippen LogP contribution >= 0.6 is 0 Å². The maximum Gasteiger partial charge on any atom is 0.272 e. The smallest absolute Gasteiger partial charge is 0.272 e. The molecule has 1 saturated carbocycles. The molecule has 2 aliphatic carbocycles. The van der Waals surface area contributed by atoms with Crippen LogP contribution in [0.4, 0.5) is 0 Å². The molecular weight excluding hydrogens is 338 g/mol. The average Bonchev–Trinajstić information content (AvgIpc) is 3.20. The van der Waals surface area contributed by atoms with Gasteiger partial charge < -0.3 is 5.32 Å². The van der Waals surface area contributed by atoms with Crippen molar-refractivity contribution in [3.8, 4) is 6.07 Å². The van der Waals surface area contributed by atoms with E-state index < -0.39 is 0 Å². The van der Waals surface area contributed by atoms with Crippen molar-refractivity contribution in [2.75, 3.05) is 0 Å². The maximum atomic E-state index is 12.3. The number of nitriles is 1. The highest BCUT2D eigenvalue weighted by Gasteiger charge is 2.38.